The van der Waals surface area contributed by atoms with Gasteiger partial charge < -0.3 is 14.7 Å². The fraction of sp³-hybridized carbons (Fsp3) is 0.500. The minimum atomic E-state index is -1.01. The monoisotopic (exact) mass is 278 g/mol. The number of hydrogen-bond donors (Lipinski definition) is 1. The van der Waals surface area contributed by atoms with E-state index in [2.05, 4.69) is 4.98 Å². The third-order valence-corrected chi connectivity index (χ3v) is 3.34. The third-order valence-electron chi connectivity index (χ3n) is 3.34. The topological polar surface area (TPSA) is 79.7 Å². The molecule has 0 bridgehead atoms. The number of aromatic nitrogens is 1. The number of rotatable bonds is 5. The van der Waals surface area contributed by atoms with E-state index in [-0.39, 0.29) is 5.91 Å². The van der Waals surface area contributed by atoms with E-state index in [4.69, 9.17) is 9.84 Å². The lowest BCUT2D eigenvalue weighted by atomic mass is 10.1. The molecule has 6 nitrogen and oxygen atoms in total. The second-order valence-electron chi connectivity index (χ2n) is 4.70. The lowest BCUT2D eigenvalue weighted by Gasteiger charge is -2.23. The summed E-state index contributed by atoms with van der Waals surface area (Å²) in [5.74, 6) is -1.17. The molecule has 0 spiro atoms. The minimum Gasteiger partial charge on any atom is -0.479 e. The van der Waals surface area contributed by atoms with Crippen LogP contribution in [-0.4, -0.2) is 45.6 Å². The van der Waals surface area contributed by atoms with E-state index in [1.165, 1.54) is 0 Å². The molecule has 2 rings (SSSR count). The molecule has 0 aromatic carbocycles. The van der Waals surface area contributed by atoms with Crippen molar-refractivity contribution < 1.29 is 19.4 Å². The molecule has 1 aromatic rings. The van der Waals surface area contributed by atoms with Crippen LogP contribution in [0.15, 0.2) is 24.4 Å². The average molecular weight is 278 g/mol. The van der Waals surface area contributed by atoms with Crippen LogP contribution in [0.3, 0.4) is 0 Å². The molecule has 2 atom stereocenters. The Hall–Kier alpha value is -1.95. The highest BCUT2D eigenvalue weighted by Gasteiger charge is 2.36. The minimum absolute atomic E-state index is 0.165. The number of ether oxygens (including phenoxy) is 1. The smallest absolute Gasteiger partial charge is 0.332 e. The molecule has 1 N–H and O–H groups in total. The summed E-state index contributed by atoms with van der Waals surface area (Å²) < 4.78 is 5.29. The van der Waals surface area contributed by atoms with Crippen molar-refractivity contribution in [2.75, 3.05) is 6.54 Å². The first kappa shape index (κ1) is 14.5. The fourth-order valence-electron chi connectivity index (χ4n) is 2.24. The normalized spacial score (nSPS) is 21.6. The molecule has 1 aliphatic heterocycles. The number of carbonyl (C=O) groups is 2. The first-order valence-corrected chi connectivity index (χ1v) is 6.68. The molecule has 1 aliphatic rings. The number of pyridine rings is 1. The van der Waals surface area contributed by atoms with Gasteiger partial charge in [-0.2, -0.15) is 0 Å². The SMILES string of the molecule is CCN(Cc1ccccn1)C(=O)C1CCC(C(=O)O)O1. The van der Waals surface area contributed by atoms with E-state index in [1.54, 1.807) is 11.1 Å². The Morgan fingerprint density at radius 2 is 2.15 bits per heavy atom. The third kappa shape index (κ3) is 3.33. The molecule has 1 saturated heterocycles. The largest absolute Gasteiger partial charge is 0.479 e. The Morgan fingerprint density at radius 3 is 2.70 bits per heavy atom. The first-order chi connectivity index (χ1) is 9.61. The molecule has 2 unspecified atom stereocenters. The van der Waals surface area contributed by atoms with E-state index < -0.39 is 18.2 Å². The maximum absolute atomic E-state index is 12.3. The molecule has 2 heterocycles. The summed E-state index contributed by atoms with van der Waals surface area (Å²) in [6.07, 6.45) is 0.999. The summed E-state index contributed by atoms with van der Waals surface area (Å²) in [7, 11) is 0. The van der Waals surface area contributed by atoms with Crippen molar-refractivity contribution in [1.29, 1.82) is 0 Å². The molecule has 20 heavy (non-hydrogen) atoms. The molecule has 0 radical (unpaired) electrons. The lowest BCUT2D eigenvalue weighted by Crippen LogP contribution is -2.39. The molecule has 1 amide bonds. The van der Waals surface area contributed by atoms with Crippen molar-refractivity contribution in [2.24, 2.45) is 0 Å². The number of carbonyl (C=O) groups excluding carboxylic acids is 1. The second kappa shape index (κ2) is 6.47. The summed E-state index contributed by atoms with van der Waals surface area (Å²) in [6, 6.07) is 5.54. The molecule has 1 aromatic heterocycles. The van der Waals surface area contributed by atoms with Crippen LogP contribution in [0.2, 0.25) is 0 Å². The number of carboxylic acid groups (broad SMARTS) is 1. The fourth-order valence-corrected chi connectivity index (χ4v) is 2.24. The van der Waals surface area contributed by atoms with Crippen LogP contribution >= 0.6 is 0 Å². The lowest BCUT2D eigenvalue weighted by molar-refractivity contribution is -0.155. The Labute approximate surface area is 117 Å². The number of likely N-dealkylation sites (N-methyl/N-ethyl adjacent to an activating group) is 1. The zero-order valence-electron chi connectivity index (χ0n) is 11.4. The van der Waals surface area contributed by atoms with Gasteiger partial charge in [0.2, 0.25) is 0 Å². The summed E-state index contributed by atoms with van der Waals surface area (Å²) in [6.45, 7) is 2.82. The Bertz CT molecular complexity index is 477. The number of aliphatic carboxylic acids is 1. The zero-order valence-corrected chi connectivity index (χ0v) is 11.4. The quantitative estimate of drug-likeness (QED) is 0.871. The van der Waals surface area contributed by atoms with E-state index >= 15 is 0 Å². The summed E-state index contributed by atoms with van der Waals surface area (Å²) in [5.41, 5.74) is 0.801. The van der Waals surface area contributed by atoms with Crippen LogP contribution in [-0.2, 0) is 20.9 Å². The molecular weight excluding hydrogens is 260 g/mol. The molecule has 6 heteroatoms. The second-order valence-corrected chi connectivity index (χ2v) is 4.70. The summed E-state index contributed by atoms with van der Waals surface area (Å²) >= 11 is 0. The van der Waals surface area contributed by atoms with Gasteiger partial charge in [-0.05, 0) is 31.9 Å². The van der Waals surface area contributed by atoms with Gasteiger partial charge >= 0.3 is 5.97 Å². The highest BCUT2D eigenvalue weighted by molar-refractivity contribution is 5.82. The highest BCUT2D eigenvalue weighted by atomic mass is 16.5. The predicted octanol–water partition coefficient (Wildman–Crippen LogP) is 1.06. The van der Waals surface area contributed by atoms with Crippen molar-refractivity contribution in [2.45, 2.75) is 38.5 Å². The maximum Gasteiger partial charge on any atom is 0.332 e. The van der Waals surface area contributed by atoms with Crippen LogP contribution < -0.4 is 0 Å². The van der Waals surface area contributed by atoms with Crippen LogP contribution in [0.5, 0.6) is 0 Å². The van der Waals surface area contributed by atoms with Crippen LogP contribution in [0.4, 0.5) is 0 Å². The van der Waals surface area contributed by atoms with Crippen molar-refractivity contribution in [3.8, 4) is 0 Å². The van der Waals surface area contributed by atoms with Gasteiger partial charge in [0.25, 0.3) is 5.91 Å². The van der Waals surface area contributed by atoms with Gasteiger partial charge in [0.15, 0.2) is 6.10 Å². The van der Waals surface area contributed by atoms with Gasteiger partial charge in [0.05, 0.1) is 12.2 Å². The van der Waals surface area contributed by atoms with Gasteiger partial charge in [-0.3, -0.25) is 9.78 Å². The zero-order chi connectivity index (χ0) is 14.5. The molecule has 108 valence electrons. The van der Waals surface area contributed by atoms with E-state index in [9.17, 15) is 9.59 Å². The Balaban J connectivity index is 1.98. The van der Waals surface area contributed by atoms with Gasteiger partial charge in [0.1, 0.15) is 6.10 Å². The van der Waals surface area contributed by atoms with Gasteiger partial charge in [-0.25, -0.2) is 4.79 Å². The van der Waals surface area contributed by atoms with Crippen LogP contribution in [0.1, 0.15) is 25.5 Å². The van der Waals surface area contributed by atoms with E-state index in [0.717, 1.165) is 5.69 Å². The Morgan fingerprint density at radius 1 is 1.40 bits per heavy atom. The van der Waals surface area contributed by atoms with E-state index in [0.29, 0.717) is 25.9 Å². The Kier molecular flexibility index (Phi) is 4.68. The molecule has 0 aliphatic carbocycles. The van der Waals surface area contributed by atoms with Gasteiger partial charge in [0, 0.05) is 12.7 Å². The van der Waals surface area contributed by atoms with Crippen LogP contribution in [0, 0.1) is 0 Å². The van der Waals surface area contributed by atoms with Crippen molar-refractivity contribution in [3.05, 3.63) is 30.1 Å². The highest BCUT2D eigenvalue weighted by Crippen LogP contribution is 2.22. The van der Waals surface area contributed by atoms with Crippen molar-refractivity contribution in [1.82, 2.24) is 9.88 Å². The molecule has 0 saturated carbocycles. The van der Waals surface area contributed by atoms with Crippen molar-refractivity contribution >= 4 is 11.9 Å². The molecular formula is C14H18N2O4. The number of hydrogen-bond acceptors (Lipinski definition) is 4. The van der Waals surface area contributed by atoms with Crippen molar-refractivity contribution in [3.63, 3.8) is 0 Å². The van der Waals surface area contributed by atoms with Crippen LogP contribution in [0.25, 0.3) is 0 Å². The number of amides is 1. The van der Waals surface area contributed by atoms with Gasteiger partial charge in [-0.1, -0.05) is 6.07 Å². The van der Waals surface area contributed by atoms with Gasteiger partial charge in [-0.15, -0.1) is 0 Å². The van der Waals surface area contributed by atoms with E-state index in [1.807, 2.05) is 25.1 Å². The summed E-state index contributed by atoms with van der Waals surface area (Å²) in [5, 5.41) is 8.88. The number of carboxylic acids is 1. The standard InChI is InChI=1S/C14H18N2O4/c1-2-16(9-10-5-3-4-8-15-10)13(17)11-6-7-12(20-11)14(18)19/h3-5,8,11-12H,2,6-7,9H2,1H3,(H,18,19). The molecule has 1 fully saturated rings. The predicted molar refractivity (Wildman–Crippen MR) is 70.9 cm³/mol. The summed E-state index contributed by atoms with van der Waals surface area (Å²) in [4.78, 5) is 29.0. The number of nitrogens with zero attached hydrogens (tertiary/aromatic N) is 2. The maximum atomic E-state index is 12.3. The first-order valence-electron chi connectivity index (χ1n) is 6.68. The average Bonchev–Trinajstić information content (AvgIpc) is 2.95.